The number of aromatic nitrogens is 1. The van der Waals surface area contributed by atoms with E-state index in [-0.39, 0.29) is 25.1 Å². The van der Waals surface area contributed by atoms with Crippen LogP contribution in [0.2, 0.25) is 10.0 Å². The van der Waals surface area contributed by atoms with Crippen molar-refractivity contribution in [3.8, 4) is 11.3 Å². The summed E-state index contributed by atoms with van der Waals surface area (Å²) in [6.45, 7) is 0.132. The van der Waals surface area contributed by atoms with Crippen LogP contribution in [0.25, 0.3) is 22.2 Å². The zero-order valence-corrected chi connectivity index (χ0v) is 18.4. The first-order chi connectivity index (χ1) is 15.0. The van der Waals surface area contributed by atoms with Crippen molar-refractivity contribution in [3.05, 3.63) is 93.5 Å². The molecule has 1 aliphatic rings. The van der Waals surface area contributed by atoms with Gasteiger partial charge in [0.1, 0.15) is 0 Å². The normalized spacial score (nSPS) is 15.7. The highest BCUT2D eigenvalue weighted by Gasteiger charge is 2.40. The SMILES string of the molecule is Cn1c(-c2ccc(Cl)cc2Cl)c([C@@H]2c3ccccc3C(=O)N2CCO)c2ccccc21. The van der Waals surface area contributed by atoms with Gasteiger partial charge in [0.05, 0.1) is 23.4 Å². The molecule has 1 aliphatic heterocycles. The first kappa shape index (κ1) is 20.1. The quantitative estimate of drug-likeness (QED) is 0.433. The summed E-state index contributed by atoms with van der Waals surface area (Å²) >= 11 is 12.8. The summed E-state index contributed by atoms with van der Waals surface area (Å²) in [4.78, 5) is 15.0. The Morgan fingerprint density at radius 2 is 1.71 bits per heavy atom. The number of rotatable bonds is 4. The van der Waals surface area contributed by atoms with Gasteiger partial charge in [0.25, 0.3) is 5.91 Å². The minimum Gasteiger partial charge on any atom is -0.395 e. The average Bonchev–Trinajstić information content (AvgIpc) is 3.20. The smallest absolute Gasteiger partial charge is 0.255 e. The first-order valence-corrected chi connectivity index (χ1v) is 10.8. The Morgan fingerprint density at radius 3 is 2.48 bits per heavy atom. The number of aryl methyl sites for hydroxylation is 1. The lowest BCUT2D eigenvalue weighted by Gasteiger charge is -2.26. The van der Waals surface area contributed by atoms with Gasteiger partial charge < -0.3 is 14.6 Å². The molecule has 1 atom stereocenters. The Balaban J connectivity index is 1.87. The van der Waals surface area contributed by atoms with Crippen LogP contribution in [0.4, 0.5) is 0 Å². The maximum Gasteiger partial charge on any atom is 0.255 e. The fourth-order valence-corrected chi connectivity index (χ4v) is 5.22. The molecule has 4 aromatic rings. The van der Waals surface area contributed by atoms with Gasteiger partial charge in [-0.2, -0.15) is 0 Å². The van der Waals surface area contributed by atoms with Crippen molar-refractivity contribution in [1.82, 2.24) is 9.47 Å². The van der Waals surface area contributed by atoms with Gasteiger partial charge in [-0.15, -0.1) is 0 Å². The minimum atomic E-state index is -0.330. The van der Waals surface area contributed by atoms with Crippen molar-refractivity contribution in [2.24, 2.45) is 7.05 Å². The molecule has 31 heavy (non-hydrogen) atoms. The fourth-order valence-electron chi connectivity index (χ4n) is 4.73. The molecule has 0 unspecified atom stereocenters. The number of carbonyl (C=O) groups excluding carboxylic acids is 1. The van der Waals surface area contributed by atoms with E-state index in [1.54, 1.807) is 11.0 Å². The van der Waals surface area contributed by atoms with E-state index < -0.39 is 0 Å². The van der Waals surface area contributed by atoms with Crippen molar-refractivity contribution >= 4 is 40.0 Å². The molecular formula is C25H20Cl2N2O2. The van der Waals surface area contributed by atoms with Crippen LogP contribution < -0.4 is 0 Å². The number of fused-ring (bicyclic) bond motifs is 2. The Morgan fingerprint density at radius 1 is 0.968 bits per heavy atom. The van der Waals surface area contributed by atoms with Crippen molar-refractivity contribution in [2.75, 3.05) is 13.2 Å². The highest BCUT2D eigenvalue weighted by atomic mass is 35.5. The van der Waals surface area contributed by atoms with Gasteiger partial charge in [-0.05, 0) is 35.9 Å². The van der Waals surface area contributed by atoms with E-state index in [4.69, 9.17) is 23.2 Å². The Kier molecular flexibility index (Phi) is 5.01. The summed E-state index contributed by atoms with van der Waals surface area (Å²) in [6.07, 6.45) is 0. The van der Waals surface area contributed by atoms with Gasteiger partial charge >= 0.3 is 0 Å². The number of benzene rings is 3. The molecule has 5 rings (SSSR count). The number of amides is 1. The third-order valence-corrected chi connectivity index (χ3v) is 6.55. The Labute approximate surface area is 190 Å². The van der Waals surface area contributed by atoms with E-state index in [0.29, 0.717) is 15.6 Å². The molecule has 1 amide bonds. The molecule has 0 saturated carbocycles. The second-order valence-corrected chi connectivity index (χ2v) is 8.52. The lowest BCUT2D eigenvalue weighted by molar-refractivity contribution is 0.0713. The van der Waals surface area contributed by atoms with Crippen LogP contribution in [0.15, 0.2) is 66.7 Å². The molecule has 0 radical (unpaired) electrons. The van der Waals surface area contributed by atoms with Crippen molar-refractivity contribution in [3.63, 3.8) is 0 Å². The van der Waals surface area contributed by atoms with Gasteiger partial charge in [-0.25, -0.2) is 0 Å². The highest BCUT2D eigenvalue weighted by molar-refractivity contribution is 6.36. The maximum absolute atomic E-state index is 13.2. The molecule has 6 heteroatoms. The van der Waals surface area contributed by atoms with Gasteiger partial charge in [-0.1, -0.05) is 59.6 Å². The molecule has 0 aliphatic carbocycles. The van der Waals surface area contributed by atoms with Crippen molar-refractivity contribution in [1.29, 1.82) is 0 Å². The predicted octanol–water partition coefficient (Wildman–Crippen LogP) is 5.69. The van der Waals surface area contributed by atoms with Gasteiger partial charge in [-0.3, -0.25) is 4.79 Å². The van der Waals surface area contributed by atoms with Gasteiger partial charge in [0, 0.05) is 46.2 Å². The largest absolute Gasteiger partial charge is 0.395 e. The monoisotopic (exact) mass is 450 g/mol. The number of β-amino-alcohol motifs (C(OH)–C–C–N with tert-alkyl or cyclic N) is 1. The fraction of sp³-hybridized carbons (Fsp3) is 0.160. The highest BCUT2D eigenvalue weighted by Crippen LogP contribution is 2.47. The van der Waals surface area contributed by atoms with E-state index in [1.807, 2.05) is 55.6 Å². The molecule has 156 valence electrons. The summed E-state index contributed by atoms with van der Waals surface area (Å²) in [5.74, 6) is -0.0734. The van der Waals surface area contributed by atoms with Gasteiger partial charge in [0.2, 0.25) is 0 Å². The molecule has 2 heterocycles. The van der Waals surface area contributed by atoms with E-state index in [2.05, 4.69) is 16.7 Å². The number of aliphatic hydroxyl groups is 1. The Bertz CT molecular complexity index is 1330. The van der Waals surface area contributed by atoms with Crippen LogP contribution >= 0.6 is 23.2 Å². The molecule has 1 N–H and O–H groups in total. The van der Waals surface area contributed by atoms with Crippen molar-refractivity contribution < 1.29 is 9.90 Å². The van der Waals surface area contributed by atoms with Crippen LogP contribution in [0.3, 0.4) is 0 Å². The van der Waals surface area contributed by atoms with Crippen molar-refractivity contribution in [2.45, 2.75) is 6.04 Å². The number of aliphatic hydroxyl groups excluding tert-OH is 1. The molecule has 0 saturated heterocycles. The molecule has 3 aromatic carbocycles. The zero-order valence-electron chi connectivity index (χ0n) is 16.8. The summed E-state index contributed by atoms with van der Waals surface area (Å²) in [5.41, 5.74) is 5.42. The van der Waals surface area contributed by atoms with Crippen LogP contribution in [0, 0.1) is 0 Å². The Hall–Kier alpha value is -2.79. The summed E-state index contributed by atoms with van der Waals surface area (Å²) in [6, 6.07) is 20.9. The number of hydrogen-bond donors (Lipinski definition) is 1. The molecule has 4 nitrogen and oxygen atoms in total. The number of hydrogen-bond acceptors (Lipinski definition) is 2. The third-order valence-electron chi connectivity index (χ3n) is 6.01. The van der Waals surface area contributed by atoms with E-state index in [1.165, 1.54) is 0 Å². The van der Waals surface area contributed by atoms with E-state index in [0.717, 1.165) is 33.3 Å². The number of carbonyl (C=O) groups is 1. The number of halogens is 2. The van der Waals surface area contributed by atoms with E-state index >= 15 is 0 Å². The summed E-state index contributed by atoms with van der Waals surface area (Å²) in [5, 5.41) is 11.9. The predicted molar refractivity (Wildman–Crippen MR) is 125 cm³/mol. The topological polar surface area (TPSA) is 45.5 Å². The standard InChI is InChI=1S/C25H20Cl2N2O2/c1-28-21-9-5-4-8-19(21)22(23(28)18-11-10-15(26)14-20(18)27)24-16-6-2-3-7-17(16)25(31)29(24)12-13-30/h2-11,14,24,30H,12-13H2,1H3/t24-/m0/s1. The van der Waals surface area contributed by atoms with Crippen LogP contribution in [0.1, 0.15) is 27.5 Å². The van der Waals surface area contributed by atoms with Crippen LogP contribution in [-0.2, 0) is 7.05 Å². The number of nitrogens with zero attached hydrogens (tertiary/aromatic N) is 2. The lowest BCUT2D eigenvalue weighted by Crippen LogP contribution is -2.31. The molecule has 0 spiro atoms. The van der Waals surface area contributed by atoms with Crippen LogP contribution in [0.5, 0.6) is 0 Å². The molecule has 0 bridgehead atoms. The maximum atomic E-state index is 13.2. The first-order valence-electron chi connectivity index (χ1n) is 10.1. The molecular weight excluding hydrogens is 431 g/mol. The van der Waals surface area contributed by atoms with E-state index in [9.17, 15) is 9.90 Å². The second kappa shape index (κ2) is 7.72. The second-order valence-electron chi connectivity index (χ2n) is 7.67. The molecule has 1 aromatic heterocycles. The summed E-state index contributed by atoms with van der Waals surface area (Å²) in [7, 11) is 2.01. The lowest BCUT2D eigenvalue weighted by atomic mass is 9.93. The zero-order chi connectivity index (χ0) is 21.7. The summed E-state index contributed by atoms with van der Waals surface area (Å²) < 4.78 is 2.11. The molecule has 0 fully saturated rings. The van der Waals surface area contributed by atoms with Crippen LogP contribution in [-0.4, -0.2) is 33.6 Å². The minimum absolute atomic E-state index is 0.0734. The third kappa shape index (κ3) is 3.06. The number of para-hydroxylation sites is 1. The van der Waals surface area contributed by atoms with Gasteiger partial charge in [0.15, 0.2) is 0 Å². The average molecular weight is 451 g/mol.